The van der Waals surface area contributed by atoms with Crippen LogP contribution in [-0.2, 0) is 0 Å². The molecule has 2 atom stereocenters. The molecule has 2 saturated heterocycles. The molecule has 2 aromatic carbocycles. The Labute approximate surface area is 172 Å². The second kappa shape index (κ2) is 8.84. The number of anilines is 1. The van der Waals surface area contributed by atoms with Crippen LogP contribution in [-0.4, -0.2) is 37.2 Å². The van der Waals surface area contributed by atoms with Crippen LogP contribution in [0.4, 0.5) is 10.5 Å². The van der Waals surface area contributed by atoms with E-state index in [1.165, 1.54) is 5.56 Å². The minimum Gasteiger partial charge on any atom is -0.497 e. The van der Waals surface area contributed by atoms with Gasteiger partial charge in [-0.1, -0.05) is 24.3 Å². The molecule has 2 unspecified atom stereocenters. The van der Waals surface area contributed by atoms with E-state index in [0.29, 0.717) is 12.0 Å². The van der Waals surface area contributed by atoms with Gasteiger partial charge in [-0.2, -0.15) is 0 Å². The van der Waals surface area contributed by atoms with Crippen molar-refractivity contribution in [2.75, 3.05) is 25.5 Å². The topological polar surface area (TPSA) is 65.6 Å². The van der Waals surface area contributed by atoms with Crippen molar-refractivity contribution in [1.82, 2.24) is 15.8 Å². The summed E-state index contributed by atoms with van der Waals surface area (Å²) in [5.41, 5.74) is 10.2. The van der Waals surface area contributed by atoms with Gasteiger partial charge in [0.1, 0.15) is 5.75 Å². The van der Waals surface area contributed by atoms with Crippen molar-refractivity contribution < 1.29 is 9.53 Å². The number of ether oxygens (including phenoxy) is 1. The van der Waals surface area contributed by atoms with E-state index in [1.54, 1.807) is 7.11 Å². The standard InChI is InChI=1S/C23H30N4O2/c1-16-5-3-7-19(13-16)24-23(28)27-11-9-17(10-12-27)21-15-22(26-25-21)18-6-4-8-20(14-18)29-2/h3-8,13-14,17,21-22,25-26H,9-12,15H2,1-2H3,(H,24,28). The molecule has 2 fully saturated rings. The molecule has 0 saturated carbocycles. The van der Waals surface area contributed by atoms with Crippen molar-refractivity contribution >= 4 is 11.7 Å². The first kappa shape index (κ1) is 19.7. The van der Waals surface area contributed by atoms with Crippen LogP contribution >= 0.6 is 0 Å². The monoisotopic (exact) mass is 394 g/mol. The molecule has 2 amide bonds. The van der Waals surface area contributed by atoms with Gasteiger partial charge in [0, 0.05) is 30.9 Å². The summed E-state index contributed by atoms with van der Waals surface area (Å²) in [5, 5.41) is 3.02. The van der Waals surface area contributed by atoms with Crippen LogP contribution in [0.3, 0.4) is 0 Å². The van der Waals surface area contributed by atoms with Crippen LogP contribution < -0.4 is 20.9 Å². The molecular formula is C23H30N4O2. The number of rotatable bonds is 4. The molecule has 2 aliphatic heterocycles. The Morgan fingerprint density at radius 3 is 2.66 bits per heavy atom. The Morgan fingerprint density at radius 1 is 1.10 bits per heavy atom. The summed E-state index contributed by atoms with van der Waals surface area (Å²) < 4.78 is 5.35. The molecule has 2 aliphatic rings. The number of piperidine rings is 1. The van der Waals surface area contributed by atoms with E-state index in [-0.39, 0.29) is 12.1 Å². The normalized spacial score (nSPS) is 22.5. The van der Waals surface area contributed by atoms with Gasteiger partial charge in [-0.25, -0.2) is 4.79 Å². The fourth-order valence-corrected chi connectivity index (χ4v) is 4.40. The number of hydrazine groups is 1. The summed E-state index contributed by atoms with van der Waals surface area (Å²) in [7, 11) is 1.70. The zero-order valence-corrected chi connectivity index (χ0v) is 17.2. The molecule has 0 spiro atoms. The molecule has 2 aromatic rings. The second-order valence-electron chi connectivity index (χ2n) is 8.08. The van der Waals surface area contributed by atoms with Gasteiger partial charge < -0.3 is 15.0 Å². The summed E-state index contributed by atoms with van der Waals surface area (Å²) in [6, 6.07) is 16.9. The first-order chi connectivity index (χ1) is 14.1. The number of hydrogen-bond donors (Lipinski definition) is 3. The predicted molar refractivity (Wildman–Crippen MR) is 115 cm³/mol. The Morgan fingerprint density at radius 2 is 1.90 bits per heavy atom. The van der Waals surface area contributed by atoms with Crippen LogP contribution in [0.2, 0.25) is 0 Å². The summed E-state index contributed by atoms with van der Waals surface area (Å²) in [5.74, 6) is 1.46. The van der Waals surface area contributed by atoms with Crippen molar-refractivity contribution in [2.24, 2.45) is 5.92 Å². The molecule has 3 N–H and O–H groups in total. The molecule has 2 heterocycles. The number of benzene rings is 2. The van der Waals surface area contributed by atoms with Gasteiger partial charge in [0.25, 0.3) is 0 Å². The van der Waals surface area contributed by atoms with Crippen molar-refractivity contribution in [2.45, 2.75) is 38.3 Å². The molecule has 154 valence electrons. The van der Waals surface area contributed by atoms with E-state index in [0.717, 1.165) is 49.4 Å². The van der Waals surface area contributed by atoms with Gasteiger partial charge in [0.2, 0.25) is 0 Å². The molecule has 0 aromatic heterocycles. The lowest BCUT2D eigenvalue weighted by atomic mass is 9.86. The number of urea groups is 1. The maximum absolute atomic E-state index is 12.6. The van der Waals surface area contributed by atoms with Gasteiger partial charge in [-0.3, -0.25) is 10.9 Å². The maximum Gasteiger partial charge on any atom is 0.321 e. The first-order valence-electron chi connectivity index (χ1n) is 10.4. The number of carbonyl (C=O) groups excluding carboxylic acids is 1. The minimum absolute atomic E-state index is 0.000753. The third kappa shape index (κ3) is 4.71. The van der Waals surface area contributed by atoms with Gasteiger partial charge in [0.15, 0.2) is 0 Å². The average molecular weight is 395 g/mol. The summed E-state index contributed by atoms with van der Waals surface area (Å²) in [6.45, 7) is 3.62. The molecule has 6 nitrogen and oxygen atoms in total. The lowest BCUT2D eigenvalue weighted by Gasteiger charge is -2.34. The molecule has 29 heavy (non-hydrogen) atoms. The summed E-state index contributed by atoms with van der Waals surface area (Å²) in [4.78, 5) is 14.5. The van der Waals surface area contributed by atoms with Crippen molar-refractivity contribution in [3.8, 4) is 5.75 Å². The van der Waals surface area contributed by atoms with Crippen LogP contribution in [0, 0.1) is 12.8 Å². The molecular weight excluding hydrogens is 364 g/mol. The quantitative estimate of drug-likeness (QED) is 0.737. The zero-order chi connectivity index (χ0) is 20.2. The average Bonchev–Trinajstić information content (AvgIpc) is 3.24. The van der Waals surface area contributed by atoms with E-state index in [2.05, 4.69) is 28.3 Å². The van der Waals surface area contributed by atoms with Crippen molar-refractivity contribution in [3.63, 3.8) is 0 Å². The van der Waals surface area contributed by atoms with Crippen LogP contribution in [0.1, 0.15) is 36.4 Å². The predicted octanol–water partition coefficient (Wildman–Crippen LogP) is 3.86. The Balaban J connectivity index is 1.28. The number of nitrogens with one attached hydrogen (secondary N) is 3. The summed E-state index contributed by atoms with van der Waals surface area (Å²) in [6.07, 6.45) is 3.09. The van der Waals surface area contributed by atoms with E-state index in [9.17, 15) is 4.79 Å². The van der Waals surface area contributed by atoms with Gasteiger partial charge >= 0.3 is 6.03 Å². The Kier molecular flexibility index (Phi) is 6.02. The highest BCUT2D eigenvalue weighted by Crippen LogP contribution is 2.31. The highest BCUT2D eigenvalue weighted by atomic mass is 16.5. The van der Waals surface area contributed by atoms with Gasteiger partial charge in [-0.15, -0.1) is 0 Å². The number of methoxy groups -OCH3 is 1. The third-order valence-corrected chi connectivity index (χ3v) is 6.09. The number of likely N-dealkylation sites (tertiary alicyclic amines) is 1. The van der Waals surface area contributed by atoms with Crippen molar-refractivity contribution in [3.05, 3.63) is 59.7 Å². The lowest BCUT2D eigenvalue weighted by Crippen LogP contribution is -2.45. The minimum atomic E-state index is 0.000753. The smallest absolute Gasteiger partial charge is 0.321 e. The van der Waals surface area contributed by atoms with Crippen LogP contribution in [0.25, 0.3) is 0 Å². The SMILES string of the molecule is COc1cccc(C2CC(C3CCN(C(=O)Nc4cccc(C)c4)CC3)NN2)c1. The fraction of sp³-hybridized carbons (Fsp3) is 0.435. The van der Waals surface area contributed by atoms with Crippen molar-refractivity contribution in [1.29, 1.82) is 0 Å². The van der Waals surface area contributed by atoms with Crippen LogP contribution in [0.15, 0.2) is 48.5 Å². The number of hydrogen-bond acceptors (Lipinski definition) is 4. The zero-order valence-electron chi connectivity index (χ0n) is 17.2. The number of aryl methyl sites for hydroxylation is 1. The largest absolute Gasteiger partial charge is 0.497 e. The van der Waals surface area contributed by atoms with Crippen LogP contribution in [0.5, 0.6) is 5.75 Å². The summed E-state index contributed by atoms with van der Waals surface area (Å²) >= 11 is 0. The molecule has 6 heteroatoms. The Bertz CT molecular complexity index is 848. The van der Waals surface area contributed by atoms with E-state index < -0.39 is 0 Å². The van der Waals surface area contributed by atoms with Gasteiger partial charge in [0.05, 0.1) is 7.11 Å². The number of carbonyl (C=O) groups is 1. The highest BCUT2D eigenvalue weighted by molar-refractivity contribution is 5.89. The Hall–Kier alpha value is -2.57. The van der Waals surface area contributed by atoms with E-state index >= 15 is 0 Å². The molecule has 0 radical (unpaired) electrons. The first-order valence-corrected chi connectivity index (χ1v) is 10.4. The third-order valence-electron chi connectivity index (χ3n) is 6.09. The van der Waals surface area contributed by atoms with E-state index in [4.69, 9.17) is 4.74 Å². The second-order valence-corrected chi connectivity index (χ2v) is 8.08. The number of amides is 2. The molecule has 0 aliphatic carbocycles. The molecule has 0 bridgehead atoms. The maximum atomic E-state index is 12.6. The fourth-order valence-electron chi connectivity index (χ4n) is 4.40. The number of nitrogens with zero attached hydrogens (tertiary/aromatic N) is 1. The highest BCUT2D eigenvalue weighted by Gasteiger charge is 2.34. The molecule has 4 rings (SSSR count). The van der Waals surface area contributed by atoms with Gasteiger partial charge in [-0.05, 0) is 67.5 Å². The lowest BCUT2D eigenvalue weighted by molar-refractivity contribution is 0.169. The van der Waals surface area contributed by atoms with E-state index in [1.807, 2.05) is 48.2 Å².